The second-order valence-corrected chi connectivity index (χ2v) is 8.00. The second-order valence-electron chi connectivity index (χ2n) is 6.35. The molecule has 2 atom stereocenters. The summed E-state index contributed by atoms with van der Waals surface area (Å²) in [5.41, 5.74) is 0.977. The minimum Gasteiger partial charge on any atom is -0.337 e. The van der Waals surface area contributed by atoms with Gasteiger partial charge in [-0.05, 0) is 40.7 Å². The minimum absolute atomic E-state index is 0. The largest absolute Gasteiger partial charge is 0.337 e. The Labute approximate surface area is 155 Å². The summed E-state index contributed by atoms with van der Waals surface area (Å²) in [7, 11) is -0.256. The molecule has 1 saturated heterocycles. The van der Waals surface area contributed by atoms with Crippen molar-refractivity contribution in [3.8, 4) is 0 Å². The molecule has 0 aliphatic carbocycles. The van der Waals surface area contributed by atoms with E-state index in [0.717, 1.165) is 12.8 Å². The first kappa shape index (κ1) is 21.9. The first-order chi connectivity index (χ1) is 11.2. The van der Waals surface area contributed by atoms with Crippen molar-refractivity contribution in [2.24, 2.45) is 7.05 Å². The third kappa shape index (κ3) is 4.52. The average Bonchev–Trinajstić information content (AvgIpc) is 3.03. The number of nitrogens with zero attached hydrogens (tertiary/aromatic N) is 3. The Hall–Kier alpha value is -1.16. The van der Waals surface area contributed by atoms with Crippen LogP contribution in [0.1, 0.15) is 31.2 Å². The number of likely N-dealkylation sites (tertiary alicyclic amines) is 1. The van der Waals surface area contributed by atoms with E-state index in [9.17, 15) is 13.2 Å². The number of aryl methyl sites for hydroxylation is 2. The van der Waals surface area contributed by atoms with Gasteiger partial charge in [0.2, 0.25) is 15.9 Å². The number of carbonyl (C=O) groups excluding carboxylic acids is 1. The summed E-state index contributed by atoms with van der Waals surface area (Å²) in [5, 5.41) is 7.22. The van der Waals surface area contributed by atoms with Crippen LogP contribution in [0.5, 0.6) is 0 Å². The van der Waals surface area contributed by atoms with Crippen LogP contribution in [0, 0.1) is 13.8 Å². The van der Waals surface area contributed by atoms with Crippen molar-refractivity contribution >= 4 is 28.3 Å². The summed E-state index contributed by atoms with van der Waals surface area (Å²) in [4.78, 5) is 14.6. The summed E-state index contributed by atoms with van der Waals surface area (Å²) in [5.74, 6) is -0.185. The molecule has 2 rings (SSSR count). The third-order valence-corrected chi connectivity index (χ3v) is 6.31. The molecule has 0 aromatic carbocycles. The number of amides is 1. The molecule has 8 nitrogen and oxygen atoms in total. The topological polar surface area (TPSA) is 96.3 Å². The van der Waals surface area contributed by atoms with Gasteiger partial charge in [-0.1, -0.05) is 0 Å². The molecule has 0 spiro atoms. The highest BCUT2D eigenvalue weighted by molar-refractivity contribution is 7.89. The van der Waals surface area contributed by atoms with E-state index < -0.39 is 16.1 Å². The quantitative estimate of drug-likeness (QED) is 0.726. The zero-order valence-electron chi connectivity index (χ0n) is 15.4. The molecular weight excluding hydrogens is 366 g/mol. The second kappa shape index (κ2) is 8.48. The van der Waals surface area contributed by atoms with E-state index in [1.54, 1.807) is 32.7 Å². The standard InChI is InChI=1S/C15H27N5O3S.ClH/c1-10-14(12(3)19(5)17-10)24(22,23)18-11(2)15(21)20-8-6-7-13(20)9-16-4;/h11,13,16,18H,6-9H2,1-5H3;1H. The van der Waals surface area contributed by atoms with Gasteiger partial charge in [-0.15, -0.1) is 12.4 Å². The molecule has 2 unspecified atom stereocenters. The fourth-order valence-electron chi connectivity index (χ4n) is 3.31. The fraction of sp³-hybridized carbons (Fsp3) is 0.733. The zero-order chi connectivity index (χ0) is 18.1. The summed E-state index contributed by atoms with van der Waals surface area (Å²) in [6.45, 7) is 6.33. The van der Waals surface area contributed by atoms with E-state index in [1.165, 1.54) is 4.68 Å². The Balaban J connectivity index is 0.00000312. The number of carbonyl (C=O) groups is 1. The van der Waals surface area contributed by atoms with Gasteiger partial charge < -0.3 is 10.2 Å². The lowest BCUT2D eigenvalue weighted by Crippen LogP contribution is -2.50. The normalized spacial score (nSPS) is 18.9. The summed E-state index contributed by atoms with van der Waals surface area (Å²) >= 11 is 0. The van der Waals surface area contributed by atoms with Crippen molar-refractivity contribution in [1.29, 1.82) is 0 Å². The molecule has 1 aromatic heterocycles. The molecule has 0 saturated carbocycles. The van der Waals surface area contributed by atoms with Gasteiger partial charge >= 0.3 is 0 Å². The van der Waals surface area contributed by atoms with Gasteiger partial charge in [-0.25, -0.2) is 8.42 Å². The highest BCUT2D eigenvalue weighted by Crippen LogP contribution is 2.21. The van der Waals surface area contributed by atoms with E-state index >= 15 is 0 Å². The van der Waals surface area contributed by atoms with Crippen molar-refractivity contribution in [2.45, 2.75) is 50.6 Å². The predicted molar refractivity (Wildman–Crippen MR) is 98.4 cm³/mol. The maximum Gasteiger partial charge on any atom is 0.244 e. The number of halogens is 1. The van der Waals surface area contributed by atoms with E-state index in [1.807, 2.05) is 7.05 Å². The van der Waals surface area contributed by atoms with Gasteiger partial charge in [0.05, 0.1) is 17.4 Å². The van der Waals surface area contributed by atoms with Crippen LogP contribution >= 0.6 is 12.4 Å². The Bertz CT molecular complexity index is 719. The molecule has 0 bridgehead atoms. The average molecular weight is 394 g/mol. The van der Waals surface area contributed by atoms with E-state index in [-0.39, 0.29) is 29.3 Å². The van der Waals surface area contributed by atoms with Crippen LogP contribution in [0.15, 0.2) is 4.90 Å². The highest BCUT2D eigenvalue weighted by atomic mass is 35.5. The molecule has 1 amide bonds. The van der Waals surface area contributed by atoms with Crippen LogP contribution in [0.25, 0.3) is 0 Å². The van der Waals surface area contributed by atoms with Crippen molar-refractivity contribution in [3.63, 3.8) is 0 Å². The fourth-order valence-corrected chi connectivity index (χ4v) is 4.94. The van der Waals surface area contributed by atoms with Crippen LogP contribution in [0.4, 0.5) is 0 Å². The number of rotatable bonds is 6. The monoisotopic (exact) mass is 393 g/mol. The number of sulfonamides is 1. The Morgan fingerprint density at radius 1 is 1.40 bits per heavy atom. The Kier molecular flexibility index (Phi) is 7.42. The number of aromatic nitrogens is 2. The van der Waals surface area contributed by atoms with Gasteiger partial charge in [0.25, 0.3) is 0 Å². The van der Waals surface area contributed by atoms with Crippen LogP contribution in [0.3, 0.4) is 0 Å². The number of likely N-dealkylation sites (N-methyl/N-ethyl adjacent to an activating group) is 1. The van der Waals surface area contributed by atoms with Crippen molar-refractivity contribution in [3.05, 3.63) is 11.4 Å². The van der Waals surface area contributed by atoms with Gasteiger partial charge in [0, 0.05) is 26.2 Å². The first-order valence-electron chi connectivity index (χ1n) is 8.16. The summed E-state index contributed by atoms with van der Waals surface area (Å²) in [6.07, 6.45) is 1.88. The molecule has 0 radical (unpaired) electrons. The van der Waals surface area contributed by atoms with Crippen LogP contribution in [0.2, 0.25) is 0 Å². The lowest BCUT2D eigenvalue weighted by Gasteiger charge is -2.27. The summed E-state index contributed by atoms with van der Waals surface area (Å²) < 4.78 is 29.4. The van der Waals surface area contributed by atoms with E-state index in [2.05, 4.69) is 15.1 Å². The summed E-state index contributed by atoms with van der Waals surface area (Å²) in [6, 6.07) is -0.692. The van der Waals surface area contributed by atoms with E-state index in [4.69, 9.17) is 0 Å². The maximum atomic E-state index is 12.7. The number of hydrogen-bond donors (Lipinski definition) is 2. The maximum absolute atomic E-state index is 12.7. The van der Waals surface area contributed by atoms with Gasteiger partial charge in [0.1, 0.15) is 4.90 Å². The lowest BCUT2D eigenvalue weighted by atomic mass is 10.2. The Morgan fingerprint density at radius 3 is 2.56 bits per heavy atom. The smallest absolute Gasteiger partial charge is 0.244 e. The minimum atomic E-state index is -3.80. The molecular formula is C15H28ClN5O3S. The van der Waals surface area contributed by atoms with Crippen molar-refractivity contribution < 1.29 is 13.2 Å². The lowest BCUT2D eigenvalue weighted by molar-refractivity contribution is -0.133. The van der Waals surface area contributed by atoms with Gasteiger partial charge in [-0.2, -0.15) is 9.82 Å². The molecule has 2 N–H and O–H groups in total. The van der Waals surface area contributed by atoms with Gasteiger partial charge in [-0.3, -0.25) is 9.48 Å². The van der Waals surface area contributed by atoms with E-state index in [0.29, 0.717) is 24.5 Å². The molecule has 1 aliphatic rings. The SMILES string of the molecule is CNCC1CCCN1C(=O)C(C)NS(=O)(=O)c1c(C)nn(C)c1C.Cl. The molecule has 2 heterocycles. The predicted octanol–water partition coefficient (Wildman–Crippen LogP) is 0.336. The zero-order valence-corrected chi connectivity index (χ0v) is 17.0. The van der Waals surface area contributed by atoms with Crippen molar-refractivity contribution in [2.75, 3.05) is 20.1 Å². The number of hydrogen-bond acceptors (Lipinski definition) is 5. The Morgan fingerprint density at radius 2 is 2.04 bits per heavy atom. The highest BCUT2D eigenvalue weighted by Gasteiger charge is 2.34. The molecule has 1 aliphatic heterocycles. The van der Waals surface area contributed by atoms with Crippen LogP contribution in [-0.4, -0.2) is 61.2 Å². The molecule has 1 aromatic rings. The molecule has 1 fully saturated rings. The van der Waals surface area contributed by atoms with Gasteiger partial charge in [0.15, 0.2) is 0 Å². The van der Waals surface area contributed by atoms with Crippen LogP contribution in [-0.2, 0) is 21.9 Å². The number of nitrogens with one attached hydrogen (secondary N) is 2. The van der Waals surface area contributed by atoms with Crippen LogP contribution < -0.4 is 10.0 Å². The molecule has 25 heavy (non-hydrogen) atoms. The third-order valence-electron chi connectivity index (χ3n) is 4.51. The molecule has 10 heteroatoms. The molecule has 144 valence electrons. The van der Waals surface area contributed by atoms with Crippen molar-refractivity contribution in [1.82, 2.24) is 24.7 Å². The first-order valence-corrected chi connectivity index (χ1v) is 9.65.